The van der Waals surface area contributed by atoms with Gasteiger partial charge in [-0.1, -0.05) is 71.3 Å². The molecular weight excluding hydrogens is 408 g/mol. The molecule has 0 radical (unpaired) electrons. The van der Waals surface area contributed by atoms with Crippen molar-refractivity contribution < 1.29 is 9.53 Å². The van der Waals surface area contributed by atoms with Crippen molar-refractivity contribution in [2.75, 3.05) is 6.61 Å². The van der Waals surface area contributed by atoms with E-state index in [0.29, 0.717) is 35.4 Å². The lowest BCUT2D eigenvalue weighted by Crippen LogP contribution is -2.49. The standard InChI is InChI=1S/C29H50O2Si/c1-9-20(19-30)24-12-13-25-23-11-10-21-18-22(31-32(7,8)27(2,3)4)14-16-28(21,5)26(23)15-17-29(24,25)6/h10-11,20,22,24-26,30H,9,12-19H2,1-8H3/t20?,22?,24-,25+,26+,28+,29-/m1/s1. The number of hydrogen-bond acceptors (Lipinski definition) is 2. The number of hydrogen-bond donors (Lipinski definition) is 1. The predicted molar refractivity (Wildman–Crippen MR) is 138 cm³/mol. The average molecular weight is 459 g/mol. The zero-order valence-corrected chi connectivity index (χ0v) is 23.3. The van der Waals surface area contributed by atoms with Crippen molar-refractivity contribution in [1.82, 2.24) is 0 Å². The van der Waals surface area contributed by atoms with Crippen LogP contribution in [0.5, 0.6) is 0 Å². The average Bonchev–Trinajstić information content (AvgIpc) is 3.05. The van der Waals surface area contributed by atoms with Gasteiger partial charge in [-0.25, -0.2) is 0 Å². The molecule has 0 aliphatic heterocycles. The van der Waals surface area contributed by atoms with Crippen LogP contribution < -0.4 is 0 Å². The lowest BCUT2D eigenvalue weighted by molar-refractivity contribution is 0.0213. The van der Waals surface area contributed by atoms with Crippen LogP contribution in [0.15, 0.2) is 23.3 Å². The number of rotatable bonds is 5. The van der Waals surface area contributed by atoms with Gasteiger partial charge in [0.15, 0.2) is 8.32 Å². The smallest absolute Gasteiger partial charge is 0.192 e. The van der Waals surface area contributed by atoms with Gasteiger partial charge in [-0.15, -0.1) is 0 Å². The fourth-order valence-corrected chi connectivity index (χ4v) is 9.41. The van der Waals surface area contributed by atoms with Gasteiger partial charge in [0.05, 0.1) is 0 Å². The SMILES string of the molecule is CCC(CO)[C@H]1CC[C@H]2C3=CC=C4CC(O[Si](C)(C)C(C)(C)C)CC[C@]4(C)[C@H]3CC[C@]12C. The Morgan fingerprint density at radius 3 is 2.41 bits per heavy atom. The third kappa shape index (κ3) is 3.83. The maximum Gasteiger partial charge on any atom is 0.192 e. The van der Waals surface area contributed by atoms with Crippen molar-refractivity contribution in [1.29, 1.82) is 0 Å². The van der Waals surface area contributed by atoms with Gasteiger partial charge < -0.3 is 9.53 Å². The van der Waals surface area contributed by atoms with Gasteiger partial charge >= 0.3 is 0 Å². The van der Waals surface area contributed by atoms with E-state index in [0.717, 1.165) is 24.7 Å². The van der Waals surface area contributed by atoms with Gasteiger partial charge in [-0.05, 0) is 97.6 Å². The van der Waals surface area contributed by atoms with Crippen LogP contribution in [0.25, 0.3) is 0 Å². The molecule has 0 aromatic carbocycles. The van der Waals surface area contributed by atoms with E-state index in [9.17, 15) is 5.11 Å². The highest BCUT2D eigenvalue weighted by atomic mass is 28.4. The molecule has 0 heterocycles. The first-order chi connectivity index (χ1) is 14.9. The van der Waals surface area contributed by atoms with Crippen molar-refractivity contribution in [3.63, 3.8) is 0 Å². The van der Waals surface area contributed by atoms with E-state index < -0.39 is 8.32 Å². The summed E-state index contributed by atoms with van der Waals surface area (Å²) in [4.78, 5) is 0. The minimum atomic E-state index is -1.72. The van der Waals surface area contributed by atoms with Crippen LogP contribution in [0.1, 0.15) is 92.9 Å². The Hall–Kier alpha value is -0.383. The quantitative estimate of drug-likeness (QED) is 0.424. The van der Waals surface area contributed by atoms with E-state index in [1.54, 1.807) is 11.1 Å². The summed E-state index contributed by atoms with van der Waals surface area (Å²) in [5.74, 6) is 2.62. The van der Waals surface area contributed by atoms with Crippen molar-refractivity contribution in [2.24, 2.45) is 34.5 Å². The molecule has 3 fully saturated rings. The molecule has 4 aliphatic rings. The van der Waals surface area contributed by atoms with E-state index in [2.05, 4.69) is 66.8 Å². The molecule has 0 aromatic rings. The molecule has 1 N–H and O–H groups in total. The van der Waals surface area contributed by atoms with Crippen LogP contribution in [-0.2, 0) is 4.43 Å². The summed E-state index contributed by atoms with van der Waals surface area (Å²) in [5, 5.41) is 10.3. The summed E-state index contributed by atoms with van der Waals surface area (Å²) < 4.78 is 6.88. The highest BCUT2D eigenvalue weighted by molar-refractivity contribution is 6.74. The minimum absolute atomic E-state index is 0.277. The third-order valence-electron chi connectivity index (χ3n) is 11.2. The third-order valence-corrected chi connectivity index (χ3v) is 15.7. The fraction of sp³-hybridized carbons (Fsp3) is 0.862. The summed E-state index contributed by atoms with van der Waals surface area (Å²) in [6.45, 7) is 19.7. The molecule has 0 bridgehead atoms. The molecule has 3 heteroatoms. The van der Waals surface area contributed by atoms with Crippen molar-refractivity contribution >= 4 is 8.32 Å². The second kappa shape index (κ2) is 8.38. The van der Waals surface area contributed by atoms with Crippen LogP contribution in [0.3, 0.4) is 0 Å². The number of fused-ring (bicyclic) bond motifs is 5. The fourth-order valence-electron chi connectivity index (χ4n) is 8.02. The van der Waals surface area contributed by atoms with E-state index in [-0.39, 0.29) is 5.04 Å². The predicted octanol–water partition coefficient (Wildman–Crippen LogP) is 7.89. The van der Waals surface area contributed by atoms with Crippen LogP contribution in [-0.4, -0.2) is 26.1 Å². The molecule has 3 saturated carbocycles. The van der Waals surface area contributed by atoms with E-state index in [1.165, 1.54) is 38.5 Å². The molecule has 0 aromatic heterocycles. The van der Waals surface area contributed by atoms with Crippen molar-refractivity contribution in [2.45, 2.75) is 117 Å². The molecular formula is C29H50O2Si. The largest absolute Gasteiger partial charge is 0.414 e. The maximum absolute atomic E-state index is 10.0. The van der Waals surface area contributed by atoms with Crippen LogP contribution in [0.4, 0.5) is 0 Å². The Morgan fingerprint density at radius 2 is 1.78 bits per heavy atom. The lowest BCUT2D eigenvalue weighted by atomic mass is 9.50. The van der Waals surface area contributed by atoms with E-state index in [4.69, 9.17) is 4.43 Å². The van der Waals surface area contributed by atoms with Gasteiger partial charge in [-0.2, -0.15) is 0 Å². The lowest BCUT2D eigenvalue weighted by Gasteiger charge is -2.56. The Balaban J connectivity index is 1.56. The number of aliphatic hydroxyl groups is 1. The molecule has 0 amide bonds. The molecule has 7 atom stereocenters. The summed E-state index contributed by atoms with van der Waals surface area (Å²) in [6.07, 6.45) is 15.5. The first-order valence-electron chi connectivity index (χ1n) is 13.6. The zero-order valence-electron chi connectivity index (χ0n) is 22.3. The second-order valence-corrected chi connectivity index (χ2v) is 18.5. The Bertz CT molecular complexity index is 771. The number of allylic oxidation sites excluding steroid dienone is 3. The molecule has 182 valence electrons. The minimum Gasteiger partial charge on any atom is -0.414 e. The summed E-state index contributed by atoms with van der Waals surface area (Å²) in [6, 6.07) is 0. The molecule has 0 saturated heterocycles. The monoisotopic (exact) mass is 458 g/mol. The topological polar surface area (TPSA) is 29.5 Å². The first-order valence-corrected chi connectivity index (χ1v) is 16.5. The van der Waals surface area contributed by atoms with Crippen LogP contribution >= 0.6 is 0 Å². The highest BCUT2D eigenvalue weighted by Crippen LogP contribution is 2.66. The van der Waals surface area contributed by atoms with E-state index in [1.807, 2.05) is 0 Å². The molecule has 2 nitrogen and oxygen atoms in total. The first kappa shape index (κ1) is 24.7. The Kier molecular flexibility index (Phi) is 6.48. The van der Waals surface area contributed by atoms with Crippen LogP contribution in [0, 0.1) is 34.5 Å². The molecule has 4 rings (SSSR count). The normalized spacial score (nSPS) is 40.7. The van der Waals surface area contributed by atoms with Gasteiger partial charge in [0, 0.05) is 12.7 Å². The van der Waals surface area contributed by atoms with Gasteiger partial charge in [0.25, 0.3) is 0 Å². The second-order valence-electron chi connectivity index (χ2n) is 13.7. The molecule has 2 unspecified atom stereocenters. The molecule has 32 heavy (non-hydrogen) atoms. The maximum atomic E-state index is 10.0. The van der Waals surface area contributed by atoms with Gasteiger partial charge in [-0.3, -0.25) is 0 Å². The van der Waals surface area contributed by atoms with Crippen molar-refractivity contribution in [3.8, 4) is 0 Å². The molecule has 0 spiro atoms. The van der Waals surface area contributed by atoms with Gasteiger partial charge in [0.2, 0.25) is 0 Å². The Morgan fingerprint density at radius 1 is 1.06 bits per heavy atom. The van der Waals surface area contributed by atoms with Crippen LogP contribution in [0.2, 0.25) is 18.1 Å². The zero-order chi connectivity index (χ0) is 23.5. The summed E-state index contributed by atoms with van der Waals surface area (Å²) >= 11 is 0. The summed E-state index contributed by atoms with van der Waals surface area (Å²) in [7, 11) is -1.72. The molecule has 4 aliphatic carbocycles. The number of aliphatic hydroxyl groups excluding tert-OH is 1. The van der Waals surface area contributed by atoms with E-state index >= 15 is 0 Å². The highest BCUT2D eigenvalue weighted by Gasteiger charge is 2.57. The Labute approximate surface area is 199 Å². The van der Waals surface area contributed by atoms with Crippen molar-refractivity contribution in [3.05, 3.63) is 23.3 Å². The summed E-state index contributed by atoms with van der Waals surface area (Å²) in [5.41, 5.74) is 4.15. The van der Waals surface area contributed by atoms with Gasteiger partial charge in [0.1, 0.15) is 0 Å².